The van der Waals surface area contributed by atoms with Gasteiger partial charge in [-0.3, -0.25) is 14.4 Å². The Morgan fingerprint density at radius 2 is 0.481 bits per heavy atom. The van der Waals surface area contributed by atoms with E-state index < -0.39 is 6.10 Å². The predicted octanol–water partition coefficient (Wildman–Crippen LogP) is 23.1. The Balaban J connectivity index is 4.49. The fourth-order valence-electron chi connectivity index (χ4n) is 8.88. The van der Waals surface area contributed by atoms with Crippen molar-refractivity contribution >= 4 is 17.9 Å². The van der Waals surface area contributed by atoms with Gasteiger partial charge in [-0.15, -0.1) is 0 Å². The van der Waals surface area contributed by atoms with Crippen LogP contribution in [0, 0.1) is 0 Å². The van der Waals surface area contributed by atoms with Gasteiger partial charge in [0.05, 0.1) is 0 Å². The molecule has 0 rings (SSSR count). The zero-order valence-corrected chi connectivity index (χ0v) is 52.5. The number of esters is 3. The smallest absolute Gasteiger partial charge is 0.306 e. The number of hydrogen-bond donors (Lipinski definition) is 0. The van der Waals surface area contributed by atoms with Crippen LogP contribution in [0.4, 0.5) is 0 Å². The highest BCUT2D eigenvalue weighted by Crippen LogP contribution is 2.15. The molecule has 458 valence electrons. The van der Waals surface area contributed by atoms with Crippen molar-refractivity contribution < 1.29 is 28.6 Å². The predicted molar refractivity (Wildman–Crippen MR) is 352 cm³/mol. The van der Waals surface area contributed by atoms with Gasteiger partial charge in [-0.05, 0) is 141 Å². The number of unbranched alkanes of at least 4 members (excludes halogenated alkanes) is 24. The van der Waals surface area contributed by atoms with Gasteiger partial charge in [-0.1, -0.05) is 276 Å². The maximum absolute atomic E-state index is 12.9. The van der Waals surface area contributed by atoms with Gasteiger partial charge in [0.25, 0.3) is 0 Å². The maximum Gasteiger partial charge on any atom is 0.306 e. The molecule has 0 aromatic carbocycles. The highest BCUT2D eigenvalue weighted by Gasteiger charge is 2.19. The van der Waals surface area contributed by atoms with Crippen LogP contribution >= 0.6 is 0 Å². The molecule has 0 aliphatic heterocycles. The van der Waals surface area contributed by atoms with Crippen molar-refractivity contribution in [2.75, 3.05) is 13.2 Å². The van der Waals surface area contributed by atoms with E-state index in [1.165, 1.54) is 109 Å². The molecular formula is C75H122O6. The molecule has 1 unspecified atom stereocenters. The molecule has 0 amide bonds. The molecule has 0 aromatic rings. The van der Waals surface area contributed by atoms with Crippen LogP contribution in [-0.2, 0) is 28.6 Å². The normalized spacial score (nSPS) is 13.1. The van der Waals surface area contributed by atoms with Crippen molar-refractivity contribution in [3.63, 3.8) is 0 Å². The van der Waals surface area contributed by atoms with Gasteiger partial charge in [-0.2, -0.15) is 0 Å². The first-order valence-electron chi connectivity index (χ1n) is 33.3. The largest absolute Gasteiger partial charge is 0.462 e. The molecule has 6 heteroatoms. The first-order chi connectivity index (χ1) is 40.0. The van der Waals surface area contributed by atoms with Crippen molar-refractivity contribution in [1.29, 1.82) is 0 Å². The first-order valence-corrected chi connectivity index (χ1v) is 33.3. The van der Waals surface area contributed by atoms with Crippen molar-refractivity contribution in [3.8, 4) is 0 Å². The van der Waals surface area contributed by atoms with Crippen LogP contribution in [-0.4, -0.2) is 37.2 Å². The molecule has 1 atom stereocenters. The summed E-state index contributed by atoms with van der Waals surface area (Å²) in [6.07, 6.45) is 97.0. The van der Waals surface area contributed by atoms with Gasteiger partial charge < -0.3 is 14.2 Å². The third-order valence-electron chi connectivity index (χ3n) is 13.8. The molecule has 6 nitrogen and oxygen atoms in total. The Bertz CT molecular complexity index is 1760. The summed E-state index contributed by atoms with van der Waals surface area (Å²) >= 11 is 0. The second-order valence-electron chi connectivity index (χ2n) is 21.6. The summed E-state index contributed by atoms with van der Waals surface area (Å²) in [4.78, 5) is 38.4. The zero-order chi connectivity index (χ0) is 58.5. The second-order valence-corrected chi connectivity index (χ2v) is 21.6. The van der Waals surface area contributed by atoms with Gasteiger partial charge in [0, 0.05) is 19.3 Å². The van der Waals surface area contributed by atoms with Crippen LogP contribution < -0.4 is 0 Å². The van der Waals surface area contributed by atoms with E-state index in [2.05, 4.69) is 167 Å². The Hall–Kier alpha value is -4.71. The number of hydrogen-bond acceptors (Lipinski definition) is 6. The molecule has 0 aliphatic carbocycles. The quantitative estimate of drug-likeness (QED) is 0.0261. The molecule has 81 heavy (non-hydrogen) atoms. The minimum absolute atomic E-state index is 0.0988. The van der Waals surface area contributed by atoms with Crippen LogP contribution in [0.3, 0.4) is 0 Å². The number of allylic oxidation sites excluding steroid dienone is 24. The highest BCUT2D eigenvalue weighted by molar-refractivity contribution is 5.71. The average molecular weight is 1120 g/mol. The van der Waals surface area contributed by atoms with Crippen molar-refractivity contribution in [2.45, 2.75) is 297 Å². The van der Waals surface area contributed by atoms with Crippen LogP contribution in [0.5, 0.6) is 0 Å². The lowest BCUT2D eigenvalue weighted by atomic mass is 10.1. The van der Waals surface area contributed by atoms with Crippen LogP contribution in [0.15, 0.2) is 146 Å². The third-order valence-corrected chi connectivity index (χ3v) is 13.8. The molecule has 0 radical (unpaired) electrons. The van der Waals surface area contributed by atoms with Gasteiger partial charge in [0.2, 0.25) is 0 Å². The van der Waals surface area contributed by atoms with E-state index in [1.807, 2.05) is 0 Å². The van der Waals surface area contributed by atoms with Gasteiger partial charge in [0.1, 0.15) is 13.2 Å². The molecular weight excluding hydrogens is 997 g/mol. The average Bonchev–Trinajstić information content (AvgIpc) is 3.47. The molecule has 0 saturated carbocycles. The van der Waals surface area contributed by atoms with E-state index in [9.17, 15) is 14.4 Å². The molecule has 0 aromatic heterocycles. The molecule has 0 fully saturated rings. The Morgan fingerprint density at radius 1 is 0.259 bits per heavy atom. The fourth-order valence-corrected chi connectivity index (χ4v) is 8.88. The molecule has 0 spiro atoms. The second kappa shape index (κ2) is 67.8. The minimum Gasteiger partial charge on any atom is -0.462 e. The number of carbonyl (C=O) groups is 3. The topological polar surface area (TPSA) is 78.9 Å². The van der Waals surface area contributed by atoms with E-state index in [0.717, 1.165) is 141 Å². The Labute approximate surface area is 499 Å². The van der Waals surface area contributed by atoms with E-state index in [1.54, 1.807) is 0 Å². The van der Waals surface area contributed by atoms with Crippen LogP contribution in [0.25, 0.3) is 0 Å². The SMILES string of the molecule is CC/C=C\C/C=C\C/C=C\C/C=C\C/C=C\C/C=C\C/C=C\CCCCCC(=O)OCC(COC(=O)CCCCCCCCC/C=C\CCCCCCCC)OC(=O)CCCCCCCCCC/C=C\C/C=C\C/C=C\C/C=C\CC. The molecule has 0 N–H and O–H groups in total. The molecule has 0 aliphatic rings. The van der Waals surface area contributed by atoms with E-state index >= 15 is 0 Å². The van der Waals surface area contributed by atoms with Gasteiger partial charge in [-0.25, -0.2) is 0 Å². The standard InChI is InChI=1S/C75H122O6/c1-4-7-10-13-16-19-22-25-28-31-33-35-36-37-38-40-41-44-47-50-53-56-59-62-65-68-74(77)80-71-72(70-79-73(76)67-64-61-58-55-52-49-46-43-30-27-24-21-18-15-12-9-6-3)81-75(78)69-66-63-60-57-54-51-48-45-42-39-34-32-29-26-23-20-17-14-11-8-5-2/h7-8,10-11,16-17,19-20,25-30,33-35,37-39,41,44,50,53,72H,4-6,9,12-15,18,21-24,31-32,36,40,42-43,45-49,51-52,54-71H2,1-3H3/b10-7-,11-8-,19-16-,20-17-,28-25-,29-26-,30-27-,35-33-,38-37-,39-34-,44-41-,53-50-. The first kappa shape index (κ1) is 76.3. The summed E-state index contributed by atoms with van der Waals surface area (Å²) < 4.78 is 16.9. The number of carbonyl (C=O) groups excluding carboxylic acids is 3. The monoisotopic (exact) mass is 1120 g/mol. The lowest BCUT2D eigenvalue weighted by Gasteiger charge is -2.18. The Morgan fingerprint density at radius 3 is 0.778 bits per heavy atom. The fraction of sp³-hybridized carbons (Fsp3) is 0.640. The van der Waals surface area contributed by atoms with Crippen molar-refractivity contribution in [2.24, 2.45) is 0 Å². The van der Waals surface area contributed by atoms with Gasteiger partial charge >= 0.3 is 17.9 Å². The minimum atomic E-state index is -0.807. The van der Waals surface area contributed by atoms with Crippen LogP contribution in [0.2, 0.25) is 0 Å². The van der Waals surface area contributed by atoms with E-state index in [0.29, 0.717) is 19.3 Å². The summed E-state index contributed by atoms with van der Waals surface area (Å²) in [5.74, 6) is -0.942. The summed E-state index contributed by atoms with van der Waals surface area (Å²) in [6.45, 7) is 6.38. The van der Waals surface area contributed by atoms with Gasteiger partial charge in [0.15, 0.2) is 6.10 Å². The highest BCUT2D eigenvalue weighted by atomic mass is 16.6. The summed E-state index contributed by atoms with van der Waals surface area (Å²) in [7, 11) is 0. The molecule has 0 bridgehead atoms. The van der Waals surface area contributed by atoms with Crippen molar-refractivity contribution in [1.82, 2.24) is 0 Å². The molecule has 0 saturated heterocycles. The summed E-state index contributed by atoms with van der Waals surface area (Å²) in [5.41, 5.74) is 0. The zero-order valence-electron chi connectivity index (χ0n) is 52.5. The summed E-state index contributed by atoms with van der Waals surface area (Å²) in [6, 6.07) is 0. The number of ether oxygens (including phenoxy) is 3. The summed E-state index contributed by atoms with van der Waals surface area (Å²) in [5, 5.41) is 0. The lowest BCUT2D eigenvalue weighted by Crippen LogP contribution is -2.30. The lowest BCUT2D eigenvalue weighted by molar-refractivity contribution is -0.167. The molecule has 0 heterocycles. The van der Waals surface area contributed by atoms with Crippen molar-refractivity contribution in [3.05, 3.63) is 146 Å². The van der Waals surface area contributed by atoms with Crippen LogP contribution in [0.1, 0.15) is 290 Å². The Kier molecular flexibility index (Phi) is 63.9. The maximum atomic E-state index is 12.9. The number of rotatable bonds is 59. The van der Waals surface area contributed by atoms with E-state index in [-0.39, 0.29) is 31.1 Å². The third kappa shape index (κ3) is 66.0. The van der Waals surface area contributed by atoms with E-state index in [4.69, 9.17) is 14.2 Å².